The second kappa shape index (κ2) is 7.22. The van der Waals surface area contributed by atoms with E-state index in [4.69, 9.17) is 4.74 Å². The molecule has 2 aromatic rings. The summed E-state index contributed by atoms with van der Waals surface area (Å²) in [5.74, 6) is 0.913. The molecule has 22 heavy (non-hydrogen) atoms. The molecule has 0 unspecified atom stereocenters. The van der Waals surface area contributed by atoms with Crippen molar-refractivity contribution in [1.82, 2.24) is 10.3 Å². The zero-order valence-electron chi connectivity index (χ0n) is 12.2. The van der Waals surface area contributed by atoms with Crippen LogP contribution in [0.15, 0.2) is 47.2 Å². The van der Waals surface area contributed by atoms with Gasteiger partial charge in [0.1, 0.15) is 5.75 Å². The Morgan fingerprint density at radius 1 is 1.32 bits per heavy atom. The van der Waals surface area contributed by atoms with Crippen LogP contribution < -0.4 is 10.1 Å². The number of para-hydroxylation sites is 1. The zero-order valence-corrected chi connectivity index (χ0v) is 13.8. The van der Waals surface area contributed by atoms with Crippen LogP contribution in [0.5, 0.6) is 5.75 Å². The molecule has 0 saturated heterocycles. The Kier molecular flexibility index (Phi) is 5.08. The highest BCUT2D eigenvalue weighted by molar-refractivity contribution is 9.10. The van der Waals surface area contributed by atoms with Crippen LogP contribution >= 0.6 is 15.9 Å². The Morgan fingerprint density at radius 3 is 2.95 bits per heavy atom. The lowest BCUT2D eigenvalue weighted by molar-refractivity contribution is 0.169. The first-order valence-electron chi connectivity index (χ1n) is 7.48. The predicted octanol–water partition coefficient (Wildman–Crippen LogP) is 3.38. The minimum atomic E-state index is -0.539. The molecular formula is C17H19BrN2O2. The third-order valence-electron chi connectivity index (χ3n) is 3.90. The van der Waals surface area contributed by atoms with Gasteiger partial charge in [-0.15, -0.1) is 0 Å². The van der Waals surface area contributed by atoms with Crippen LogP contribution in [0, 0.1) is 0 Å². The number of benzene rings is 1. The third-order valence-corrected chi connectivity index (χ3v) is 4.53. The average molecular weight is 363 g/mol. The molecule has 0 amide bonds. The van der Waals surface area contributed by atoms with E-state index in [2.05, 4.69) is 32.3 Å². The highest BCUT2D eigenvalue weighted by Crippen LogP contribution is 2.37. The average Bonchev–Trinajstić information content (AvgIpc) is 2.77. The van der Waals surface area contributed by atoms with Crippen molar-refractivity contribution < 1.29 is 9.84 Å². The summed E-state index contributed by atoms with van der Waals surface area (Å²) >= 11 is 3.55. The van der Waals surface area contributed by atoms with Gasteiger partial charge in [0.05, 0.1) is 17.2 Å². The number of aromatic nitrogens is 1. The SMILES string of the molecule is O[C@H](CN[C@@H]1CCCOc2c(Br)cccc21)c1ccncc1. The van der Waals surface area contributed by atoms with E-state index < -0.39 is 6.10 Å². The van der Waals surface area contributed by atoms with Crippen molar-refractivity contribution in [2.24, 2.45) is 0 Å². The summed E-state index contributed by atoms with van der Waals surface area (Å²) in [6.45, 7) is 1.22. The van der Waals surface area contributed by atoms with Gasteiger partial charge in [0.25, 0.3) is 0 Å². The van der Waals surface area contributed by atoms with Crippen LogP contribution in [0.3, 0.4) is 0 Å². The Bertz CT molecular complexity index is 621. The Labute approximate surface area is 138 Å². The van der Waals surface area contributed by atoms with Crippen molar-refractivity contribution in [1.29, 1.82) is 0 Å². The van der Waals surface area contributed by atoms with Gasteiger partial charge < -0.3 is 15.2 Å². The first-order chi connectivity index (χ1) is 10.8. The molecule has 5 heteroatoms. The number of aliphatic hydroxyl groups excluding tert-OH is 1. The second-order valence-corrected chi connectivity index (χ2v) is 6.26. The van der Waals surface area contributed by atoms with E-state index in [0.29, 0.717) is 6.54 Å². The van der Waals surface area contributed by atoms with E-state index in [1.54, 1.807) is 12.4 Å². The summed E-state index contributed by atoms with van der Waals surface area (Å²) in [5, 5.41) is 13.8. The number of halogens is 1. The van der Waals surface area contributed by atoms with E-state index in [1.807, 2.05) is 24.3 Å². The van der Waals surface area contributed by atoms with Crippen molar-refractivity contribution in [3.8, 4) is 5.75 Å². The molecule has 0 spiro atoms. The van der Waals surface area contributed by atoms with Crippen LogP contribution in [0.4, 0.5) is 0 Å². The third kappa shape index (κ3) is 3.48. The number of rotatable bonds is 4. The molecule has 0 saturated carbocycles. The van der Waals surface area contributed by atoms with Gasteiger partial charge in [-0.1, -0.05) is 12.1 Å². The number of ether oxygens (including phenoxy) is 1. The predicted molar refractivity (Wildman–Crippen MR) is 88.8 cm³/mol. The quantitative estimate of drug-likeness (QED) is 0.875. The lowest BCUT2D eigenvalue weighted by Crippen LogP contribution is -2.26. The van der Waals surface area contributed by atoms with E-state index in [9.17, 15) is 5.11 Å². The van der Waals surface area contributed by atoms with Crippen molar-refractivity contribution >= 4 is 15.9 Å². The van der Waals surface area contributed by atoms with Crippen LogP contribution in [0.1, 0.15) is 36.1 Å². The number of hydrogen-bond donors (Lipinski definition) is 2. The van der Waals surface area contributed by atoms with Crippen molar-refractivity contribution in [3.63, 3.8) is 0 Å². The molecular weight excluding hydrogens is 344 g/mol. The second-order valence-electron chi connectivity index (χ2n) is 5.41. The molecule has 2 heterocycles. The largest absolute Gasteiger partial charge is 0.492 e. The molecule has 0 fully saturated rings. The molecule has 0 radical (unpaired) electrons. The molecule has 1 aromatic carbocycles. The maximum Gasteiger partial charge on any atom is 0.138 e. The zero-order chi connectivity index (χ0) is 15.4. The summed E-state index contributed by atoms with van der Waals surface area (Å²) < 4.78 is 6.82. The van der Waals surface area contributed by atoms with Gasteiger partial charge >= 0.3 is 0 Å². The van der Waals surface area contributed by atoms with E-state index in [0.717, 1.165) is 40.8 Å². The topological polar surface area (TPSA) is 54.4 Å². The van der Waals surface area contributed by atoms with Crippen LogP contribution in [0.25, 0.3) is 0 Å². The molecule has 2 N–H and O–H groups in total. The summed E-state index contributed by atoms with van der Waals surface area (Å²) in [6.07, 6.45) is 4.84. The molecule has 1 aliphatic heterocycles. The standard InChI is InChI=1S/C17H19BrN2O2/c18-14-4-1-3-13-15(5-2-10-22-17(13)14)20-11-16(21)12-6-8-19-9-7-12/h1,3-4,6-9,15-16,20-21H,2,5,10-11H2/t15-,16-/m1/s1. The highest BCUT2D eigenvalue weighted by Gasteiger charge is 2.22. The van der Waals surface area contributed by atoms with Gasteiger partial charge in [-0.05, 0) is 52.5 Å². The van der Waals surface area contributed by atoms with Gasteiger partial charge in [0.2, 0.25) is 0 Å². The van der Waals surface area contributed by atoms with Crippen LogP contribution in [-0.2, 0) is 0 Å². The Balaban J connectivity index is 1.72. The normalized spacial score (nSPS) is 18.9. The molecule has 116 valence electrons. The van der Waals surface area contributed by atoms with Gasteiger partial charge in [0.15, 0.2) is 0 Å². The first kappa shape index (κ1) is 15.5. The van der Waals surface area contributed by atoms with Crippen molar-refractivity contribution in [2.75, 3.05) is 13.2 Å². The first-order valence-corrected chi connectivity index (χ1v) is 8.27. The summed E-state index contributed by atoms with van der Waals surface area (Å²) in [5.41, 5.74) is 2.02. The van der Waals surface area contributed by atoms with E-state index in [1.165, 1.54) is 0 Å². The maximum atomic E-state index is 10.3. The summed E-state index contributed by atoms with van der Waals surface area (Å²) in [6, 6.07) is 9.97. The number of nitrogens with one attached hydrogen (secondary N) is 1. The fraction of sp³-hybridized carbons (Fsp3) is 0.353. The minimum absolute atomic E-state index is 0.187. The van der Waals surface area contributed by atoms with Crippen LogP contribution in [-0.4, -0.2) is 23.2 Å². The number of pyridine rings is 1. The van der Waals surface area contributed by atoms with Gasteiger partial charge in [-0.25, -0.2) is 0 Å². The maximum absolute atomic E-state index is 10.3. The van der Waals surface area contributed by atoms with Crippen molar-refractivity contribution in [2.45, 2.75) is 25.0 Å². The molecule has 4 nitrogen and oxygen atoms in total. The van der Waals surface area contributed by atoms with E-state index in [-0.39, 0.29) is 6.04 Å². The smallest absolute Gasteiger partial charge is 0.138 e. The highest BCUT2D eigenvalue weighted by atomic mass is 79.9. The Morgan fingerprint density at radius 2 is 2.14 bits per heavy atom. The van der Waals surface area contributed by atoms with E-state index >= 15 is 0 Å². The molecule has 1 aromatic heterocycles. The number of aliphatic hydroxyl groups is 1. The lowest BCUT2D eigenvalue weighted by Gasteiger charge is -2.21. The lowest BCUT2D eigenvalue weighted by atomic mass is 10.0. The molecule has 1 aliphatic rings. The fourth-order valence-electron chi connectivity index (χ4n) is 2.74. The minimum Gasteiger partial charge on any atom is -0.492 e. The number of nitrogens with zero attached hydrogens (tertiary/aromatic N) is 1. The fourth-order valence-corrected chi connectivity index (χ4v) is 3.23. The summed E-state index contributed by atoms with van der Waals surface area (Å²) in [7, 11) is 0. The summed E-state index contributed by atoms with van der Waals surface area (Å²) in [4.78, 5) is 3.98. The van der Waals surface area contributed by atoms with Gasteiger partial charge in [0, 0.05) is 30.5 Å². The Hall–Kier alpha value is -1.43. The molecule has 2 atom stereocenters. The molecule has 0 aliphatic carbocycles. The van der Waals surface area contributed by atoms with Gasteiger partial charge in [-0.2, -0.15) is 0 Å². The molecule has 0 bridgehead atoms. The molecule has 3 rings (SSSR count). The van der Waals surface area contributed by atoms with Gasteiger partial charge in [-0.3, -0.25) is 4.98 Å². The van der Waals surface area contributed by atoms with Crippen LogP contribution in [0.2, 0.25) is 0 Å². The monoisotopic (exact) mass is 362 g/mol. The number of fused-ring (bicyclic) bond motifs is 1. The van der Waals surface area contributed by atoms with Crippen molar-refractivity contribution in [3.05, 3.63) is 58.3 Å². The number of hydrogen-bond acceptors (Lipinski definition) is 4.